The van der Waals surface area contributed by atoms with Gasteiger partial charge >= 0.3 is 0 Å². The number of nitrogens with one attached hydrogen (secondary N) is 2. The second-order valence-electron chi connectivity index (χ2n) is 7.34. The first kappa shape index (κ1) is 22.7. The van der Waals surface area contributed by atoms with Crippen molar-refractivity contribution in [1.82, 2.24) is 10.6 Å². The average molecular weight is 508 g/mol. The van der Waals surface area contributed by atoms with E-state index in [-0.39, 0.29) is 35.0 Å². The summed E-state index contributed by atoms with van der Waals surface area (Å²) in [5.74, 6) is 0.851. The van der Waals surface area contributed by atoms with Gasteiger partial charge in [0.15, 0.2) is 5.96 Å². The second-order valence-corrected chi connectivity index (χ2v) is 7.78. The Bertz CT molecular complexity index is 631. The molecule has 2 fully saturated rings. The fourth-order valence-corrected chi connectivity index (χ4v) is 3.72. The summed E-state index contributed by atoms with van der Waals surface area (Å²) in [6.45, 7) is 5.91. The Morgan fingerprint density at radius 3 is 2.56 bits per heavy atom. The van der Waals surface area contributed by atoms with Crippen molar-refractivity contribution in [3.8, 4) is 0 Å². The quantitative estimate of drug-likeness (QED) is 0.335. The van der Waals surface area contributed by atoms with E-state index >= 15 is 0 Å². The number of nitrogens with zero attached hydrogens (tertiary/aromatic N) is 1. The first-order valence-corrected chi connectivity index (χ1v) is 9.90. The van der Waals surface area contributed by atoms with E-state index in [4.69, 9.17) is 26.1 Å². The summed E-state index contributed by atoms with van der Waals surface area (Å²) >= 11 is 6.18. The first-order valence-electron chi connectivity index (χ1n) is 9.53. The standard InChI is InChI=1S/C20H30ClN3O2.HI/c1-3-22-18(24-15-20(25-2)9-11-26-12-10-20)23-14-19(7-8-19)16-5-4-6-17(21)13-16;/h4-6,13H,3,7-12,14-15H2,1-2H3,(H2,22,23,24);1H. The monoisotopic (exact) mass is 507 g/mol. The number of hydrogen-bond acceptors (Lipinski definition) is 3. The van der Waals surface area contributed by atoms with Gasteiger partial charge in [-0.25, -0.2) is 0 Å². The van der Waals surface area contributed by atoms with Gasteiger partial charge < -0.3 is 20.1 Å². The van der Waals surface area contributed by atoms with Gasteiger partial charge in [-0.05, 0) is 37.5 Å². The highest BCUT2D eigenvalue weighted by Crippen LogP contribution is 2.48. The highest BCUT2D eigenvalue weighted by molar-refractivity contribution is 14.0. The predicted molar refractivity (Wildman–Crippen MR) is 122 cm³/mol. The third-order valence-electron chi connectivity index (χ3n) is 5.59. The fourth-order valence-electron chi connectivity index (χ4n) is 3.52. The van der Waals surface area contributed by atoms with Crippen LogP contribution in [-0.2, 0) is 14.9 Å². The predicted octanol–water partition coefficient (Wildman–Crippen LogP) is 3.74. The SMILES string of the molecule is CCNC(=NCC1(OC)CCOCC1)NCC1(c2cccc(Cl)c2)CC1.I. The minimum Gasteiger partial charge on any atom is -0.381 e. The third kappa shape index (κ3) is 5.95. The smallest absolute Gasteiger partial charge is 0.191 e. The summed E-state index contributed by atoms with van der Waals surface area (Å²) in [4.78, 5) is 4.81. The summed E-state index contributed by atoms with van der Waals surface area (Å²) in [5.41, 5.74) is 1.29. The maximum atomic E-state index is 6.18. The van der Waals surface area contributed by atoms with Crippen LogP contribution in [0.15, 0.2) is 29.3 Å². The van der Waals surface area contributed by atoms with Gasteiger partial charge in [0.1, 0.15) is 0 Å². The van der Waals surface area contributed by atoms with Gasteiger partial charge in [-0.3, -0.25) is 4.99 Å². The van der Waals surface area contributed by atoms with Gasteiger partial charge in [0.05, 0.1) is 12.1 Å². The van der Waals surface area contributed by atoms with Crippen LogP contribution < -0.4 is 10.6 Å². The Kier molecular flexibility index (Phi) is 8.65. The van der Waals surface area contributed by atoms with Crippen molar-refractivity contribution in [3.05, 3.63) is 34.9 Å². The molecule has 0 atom stereocenters. The highest BCUT2D eigenvalue weighted by atomic mass is 127. The zero-order valence-corrected chi connectivity index (χ0v) is 19.3. The summed E-state index contributed by atoms with van der Waals surface area (Å²) < 4.78 is 11.3. The van der Waals surface area contributed by atoms with Gasteiger partial charge in [0.25, 0.3) is 0 Å². The lowest BCUT2D eigenvalue weighted by molar-refractivity contribution is -0.0828. The van der Waals surface area contributed by atoms with E-state index in [1.54, 1.807) is 7.11 Å². The molecule has 1 saturated carbocycles. The van der Waals surface area contributed by atoms with Gasteiger partial charge in [-0.15, -0.1) is 24.0 Å². The minimum atomic E-state index is -0.204. The molecule has 0 radical (unpaired) electrons. The van der Waals surface area contributed by atoms with E-state index in [0.717, 1.165) is 50.1 Å². The number of hydrogen-bond donors (Lipinski definition) is 2. The number of aliphatic imine (C=N–C) groups is 1. The van der Waals surface area contributed by atoms with Gasteiger partial charge in [0.2, 0.25) is 0 Å². The number of benzene rings is 1. The van der Waals surface area contributed by atoms with Crippen LogP contribution in [0.25, 0.3) is 0 Å². The maximum absolute atomic E-state index is 6.18. The molecular formula is C20H31ClIN3O2. The molecule has 1 aromatic carbocycles. The Morgan fingerprint density at radius 1 is 1.22 bits per heavy atom. The molecule has 0 unspecified atom stereocenters. The minimum absolute atomic E-state index is 0. The van der Waals surface area contributed by atoms with Gasteiger partial charge in [-0.2, -0.15) is 0 Å². The Balaban J connectivity index is 0.00000261. The maximum Gasteiger partial charge on any atom is 0.191 e. The van der Waals surface area contributed by atoms with Crippen molar-refractivity contribution >= 4 is 41.5 Å². The molecule has 2 aliphatic rings. The van der Waals surface area contributed by atoms with Crippen molar-refractivity contribution in [3.63, 3.8) is 0 Å². The van der Waals surface area contributed by atoms with Gasteiger partial charge in [-0.1, -0.05) is 23.7 Å². The summed E-state index contributed by atoms with van der Waals surface area (Å²) in [6.07, 6.45) is 4.13. The van der Waals surface area contributed by atoms with Crippen LogP contribution in [0.1, 0.15) is 38.2 Å². The van der Waals surface area contributed by atoms with E-state index in [1.165, 1.54) is 18.4 Å². The normalized spacial score (nSPS) is 20.5. The largest absolute Gasteiger partial charge is 0.381 e. The van der Waals surface area contributed by atoms with Crippen molar-refractivity contribution in [2.45, 2.75) is 43.6 Å². The molecular weight excluding hydrogens is 477 g/mol. The number of halogens is 2. The zero-order chi connectivity index (χ0) is 18.5. The van der Waals surface area contributed by atoms with E-state index in [1.807, 2.05) is 12.1 Å². The fraction of sp³-hybridized carbons (Fsp3) is 0.650. The molecule has 1 heterocycles. The van der Waals surface area contributed by atoms with E-state index < -0.39 is 0 Å². The molecule has 1 aromatic rings. The molecule has 0 aromatic heterocycles. The van der Waals surface area contributed by atoms with Crippen molar-refractivity contribution in [1.29, 1.82) is 0 Å². The molecule has 1 aliphatic carbocycles. The zero-order valence-electron chi connectivity index (χ0n) is 16.2. The lowest BCUT2D eigenvalue weighted by atomic mass is 9.94. The molecule has 5 nitrogen and oxygen atoms in total. The van der Waals surface area contributed by atoms with Crippen molar-refractivity contribution in [2.75, 3.05) is 40.0 Å². The van der Waals surface area contributed by atoms with Crippen molar-refractivity contribution in [2.24, 2.45) is 4.99 Å². The molecule has 1 saturated heterocycles. The van der Waals surface area contributed by atoms with Crippen LogP contribution in [0.5, 0.6) is 0 Å². The summed E-state index contributed by atoms with van der Waals surface area (Å²) in [6, 6.07) is 8.22. The molecule has 1 aliphatic heterocycles. The van der Waals surface area contributed by atoms with Crippen LogP contribution >= 0.6 is 35.6 Å². The van der Waals surface area contributed by atoms with Crippen LogP contribution in [0.2, 0.25) is 5.02 Å². The molecule has 152 valence electrons. The molecule has 0 bridgehead atoms. The number of ether oxygens (including phenoxy) is 2. The highest BCUT2D eigenvalue weighted by Gasteiger charge is 2.44. The second kappa shape index (κ2) is 10.3. The van der Waals surface area contributed by atoms with Crippen LogP contribution in [0, 0.1) is 0 Å². The van der Waals surface area contributed by atoms with E-state index in [2.05, 4.69) is 29.7 Å². The van der Waals surface area contributed by atoms with Crippen LogP contribution in [0.4, 0.5) is 0 Å². The molecule has 27 heavy (non-hydrogen) atoms. The Labute approximate surface area is 184 Å². The lowest BCUT2D eigenvalue weighted by Crippen LogP contribution is -2.45. The van der Waals surface area contributed by atoms with E-state index in [9.17, 15) is 0 Å². The first-order chi connectivity index (χ1) is 12.6. The topological polar surface area (TPSA) is 54.9 Å². The number of guanidine groups is 1. The molecule has 2 N–H and O–H groups in total. The van der Waals surface area contributed by atoms with Gasteiger partial charge in [0, 0.05) is 56.7 Å². The average Bonchev–Trinajstić information content (AvgIpc) is 3.46. The molecule has 0 amide bonds. The number of rotatable bonds is 7. The van der Waals surface area contributed by atoms with Crippen molar-refractivity contribution < 1.29 is 9.47 Å². The Morgan fingerprint density at radius 2 is 1.96 bits per heavy atom. The molecule has 0 spiro atoms. The summed E-state index contributed by atoms with van der Waals surface area (Å²) in [7, 11) is 1.78. The van der Waals surface area contributed by atoms with Crippen LogP contribution in [-0.4, -0.2) is 51.5 Å². The van der Waals surface area contributed by atoms with E-state index in [0.29, 0.717) is 6.54 Å². The van der Waals surface area contributed by atoms with Crippen LogP contribution in [0.3, 0.4) is 0 Å². The number of methoxy groups -OCH3 is 1. The molecule has 3 rings (SSSR count). The molecule has 7 heteroatoms. The third-order valence-corrected chi connectivity index (χ3v) is 5.83. The lowest BCUT2D eigenvalue weighted by Gasteiger charge is -2.34. The summed E-state index contributed by atoms with van der Waals surface area (Å²) in [5, 5.41) is 7.69. The Hall–Kier alpha value is -0.570.